The Morgan fingerprint density at radius 3 is 2.47 bits per heavy atom. The minimum absolute atomic E-state index is 0.600. The monoisotopic (exact) mass is 409 g/mol. The van der Waals surface area contributed by atoms with Crippen LogP contribution < -0.4 is 9.64 Å². The number of piperazine rings is 1. The van der Waals surface area contributed by atoms with E-state index in [1.165, 1.54) is 0 Å². The van der Waals surface area contributed by atoms with Crippen molar-refractivity contribution in [1.82, 2.24) is 29.4 Å². The Morgan fingerprint density at radius 2 is 1.80 bits per heavy atom. The third-order valence-electron chi connectivity index (χ3n) is 5.96. The van der Waals surface area contributed by atoms with Crippen LogP contribution in [0.15, 0.2) is 36.8 Å². The number of rotatable bonds is 8. The summed E-state index contributed by atoms with van der Waals surface area (Å²) in [6.45, 7) is 13.1. The van der Waals surface area contributed by atoms with E-state index in [4.69, 9.17) is 4.74 Å². The third kappa shape index (κ3) is 4.24. The molecule has 0 unspecified atom stereocenters. The lowest BCUT2D eigenvalue weighted by Gasteiger charge is -2.36. The zero-order valence-electron chi connectivity index (χ0n) is 18.2. The van der Waals surface area contributed by atoms with Gasteiger partial charge in [0.2, 0.25) is 5.88 Å². The molecule has 8 heteroatoms. The highest BCUT2D eigenvalue weighted by atomic mass is 16.5. The lowest BCUT2D eigenvalue weighted by Crippen LogP contribution is -2.49. The highest BCUT2D eigenvalue weighted by molar-refractivity contribution is 5.77. The van der Waals surface area contributed by atoms with Crippen molar-refractivity contribution < 1.29 is 4.74 Å². The lowest BCUT2D eigenvalue weighted by atomic mass is 10.1. The van der Waals surface area contributed by atoms with E-state index in [0.717, 1.165) is 74.9 Å². The van der Waals surface area contributed by atoms with Crippen LogP contribution in [0.1, 0.15) is 13.8 Å². The van der Waals surface area contributed by atoms with Gasteiger partial charge in [-0.1, -0.05) is 13.8 Å². The normalized spacial score (nSPS) is 15.3. The Balaban J connectivity index is 1.47. The summed E-state index contributed by atoms with van der Waals surface area (Å²) in [5.41, 5.74) is 2.81. The molecular formula is C22H31N7O. The van der Waals surface area contributed by atoms with E-state index in [9.17, 15) is 0 Å². The molecule has 1 aliphatic rings. The molecule has 1 fully saturated rings. The number of nitrogens with zero attached hydrogens (tertiary/aromatic N) is 7. The summed E-state index contributed by atoms with van der Waals surface area (Å²) < 4.78 is 7.11. The maximum Gasteiger partial charge on any atom is 0.212 e. The number of aromatic nitrogens is 4. The zero-order valence-corrected chi connectivity index (χ0v) is 18.2. The van der Waals surface area contributed by atoms with Gasteiger partial charge in [-0.3, -0.25) is 4.90 Å². The van der Waals surface area contributed by atoms with Gasteiger partial charge in [0, 0.05) is 68.9 Å². The van der Waals surface area contributed by atoms with Crippen molar-refractivity contribution in [1.29, 1.82) is 0 Å². The van der Waals surface area contributed by atoms with Crippen LogP contribution in [0.3, 0.4) is 0 Å². The molecule has 0 atom stereocenters. The van der Waals surface area contributed by atoms with Crippen molar-refractivity contribution in [2.45, 2.75) is 13.8 Å². The number of fused-ring (bicyclic) bond motifs is 1. The Bertz CT molecular complexity index is 944. The van der Waals surface area contributed by atoms with Gasteiger partial charge in [0.25, 0.3) is 0 Å². The van der Waals surface area contributed by atoms with E-state index in [-0.39, 0.29) is 0 Å². The van der Waals surface area contributed by atoms with E-state index < -0.39 is 0 Å². The van der Waals surface area contributed by atoms with Crippen molar-refractivity contribution in [3.63, 3.8) is 0 Å². The van der Waals surface area contributed by atoms with E-state index in [1.807, 2.05) is 29.0 Å². The minimum atomic E-state index is 0.600. The number of hydrogen-bond donors (Lipinski definition) is 0. The number of hydrogen-bond acceptors (Lipinski definition) is 7. The van der Waals surface area contributed by atoms with Gasteiger partial charge >= 0.3 is 0 Å². The van der Waals surface area contributed by atoms with Crippen LogP contribution in [0.4, 0.5) is 5.82 Å². The molecule has 0 amide bonds. The fraction of sp³-hybridized carbons (Fsp3) is 0.500. The van der Waals surface area contributed by atoms with E-state index in [2.05, 4.69) is 49.7 Å². The average molecular weight is 410 g/mol. The number of methoxy groups -OCH3 is 1. The lowest BCUT2D eigenvalue weighted by molar-refractivity contribution is 0.205. The van der Waals surface area contributed by atoms with Crippen molar-refractivity contribution in [2.75, 3.05) is 64.4 Å². The Labute approximate surface area is 178 Å². The van der Waals surface area contributed by atoms with Crippen LogP contribution in [0, 0.1) is 0 Å². The summed E-state index contributed by atoms with van der Waals surface area (Å²) in [6.07, 6.45) is 5.55. The van der Waals surface area contributed by atoms with Gasteiger partial charge in [0.15, 0.2) is 5.65 Å². The molecule has 4 rings (SSSR count). The molecule has 0 saturated carbocycles. The molecule has 0 bridgehead atoms. The van der Waals surface area contributed by atoms with Crippen molar-refractivity contribution in [3.05, 3.63) is 36.8 Å². The van der Waals surface area contributed by atoms with Gasteiger partial charge < -0.3 is 14.5 Å². The number of anilines is 1. The Kier molecular flexibility index (Phi) is 6.44. The molecule has 0 radical (unpaired) electrons. The number of pyridine rings is 1. The smallest absolute Gasteiger partial charge is 0.212 e. The highest BCUT2D eigenvalue weighted by Crippen LogP contribution is 2.26. The summed E-state index contributed by atoms with van der Waals surface area (Å²) in [6, 6.07) is 5.91. The Hall–Kier alpha value is -2.71. The van der Waals surface area contributed by atoms with Gasteiger partial charge in [-0.05, 0) is 25.2 Å². The second kappa shape index (κ2) is 9.40. The molecule has 160 valence electrons. The van der Waals surface area contributed by atoms with Gasteiger partial charge in [0.1, 0.15) is 5.82 Å². The molecule has 0 aliphatic carbocycles. The van der Waals surface area contributed by atoms with Crippen LogP contribution in [0.25, 0.3) is 16.8 Å². The van der Waals surface area contributed by atoms with Crippen LogP contribution in [0.2, 0.25) is 0 Å². The van der Waals surface area contributed by atoms with Crippen molar-refractivity contribution in [3.8, 4) is 17.0 Å². The first kappa shape index (κ1) is 20.6. The zero-order chi connectivity index (χ0) is 20.9. The fourth-order valence-electron chi connectivity index (χ4n) is 4.01. The van der Waals surface area contributed by atoms with E-state index >= 15 is 0 Å². The molecule has 3 aromatic heterocycles. The van der Waals surface area contributed by atoms with Crippen LogP contribution in [-0.4, -0.2) is 88.8 Å². The molecule has 0 spiro atoms. The van der Waals surface area contributed by atoms with Gasteiger partial charge in [-0.15, -0.1) is 0 Å². The van der Waals surface area contributed by atoms with E-state index in [0.29, 0.717) is 5.88 Å². The van der Waals surface area contributed by atoms with Gasteiger partial charge in [0.05, 0.1) is 13.3 Å². The fourth-order valence-corrected chi connectivity index (χ4v) is 4.01. The maximum atomic E-state index is 5.16. The molecule has 4 heterocycles. The molecule has 1 saturated heterocycles. The van der Waals surface area contributed by atoms with Crippen LogP contribution in [0.5, 0.6) is 5.88 Å². The SMILES string of the molecule is CCN(CC)CCN1CCN(c2ccnc3c(-c4ccc(OC)nc4)cnn23)CC1. The molecular weight excluding hydrogens is 378 g/mol. The molecule has 30 heavy (non-hydrogen) atoms. The van der Waals surface area contributed by atoms with Gasteiger partial charge in [-0.25, -0.2) is 9.97 Å². The topological polar surface area (TPSA) is 62.0 Å². The average Bonchev–Trinajstić information content (AvgIpc) is 3.24. The van der Waals surface area contributed by atoms with Crippen molar-refractivity contribution in [2.24, 2.45) is 0 Å². The minimum Gasteiger partial charge on any atom is -0.481 e. The first-order chi connectivity index (χ1) is 14.7. The molecule has 1 aliphatic heterocycles. The van der Waals surface area contributed by atoms with Crippen LogP contribution in [-0.2, 0) is 0 Å². The molecule has 3 aromatic rings. The van der Waals surface area contributed by atoms with Crippen molar-refractivity contribution >= 4 is 11.5 Å². The predicted molar refractivity (Wildman–Crippen MR) is 119 cm³/mol. The summed E-state index contributed by atoms with van der Waals surface area (Å²) in [4.78, 5) is 16.4. The quantitative estimate of drug-likeness (QED) is 0.565. The molecule has 0 N–H and O–H groups in total. The second-order valence-corrected chi connectivity index (χ2v) is 7.54. The summed E-state index contributed by atoms with van der Waals surface area (Å²) in [7, 11) is 1.62. The summed E-state index contributed by atoms with van der Waals surface area (Å²) >= 11 is 0. The molecule has 0 aromatic carbocycles. The summed E-state index contributed by atoms with van der Waals surface area (Å²) in [5, 5.41) is 4.65. The summed E-state index contributed by atoms with van der Waals surface area (Å²) in [5.74, 6) is 1.69. The second-order valence-electron chi connectivity index (χ2n) is 7.54. The number of ether oxygens (including phenoxy) is 1. The van der Waals surface area contributed by atoms with E-state index in [1.54, 1.807) is 13.3 Å². The maximum absolute atomic E-state index is 5.16. The Morgan fingerprint density at radius 1 is 1.00 bits per heavy atom. The standard InChI is InChI=1S/C22H31N7O/c1-4-26(5-2)10-11-27-12-14-28(15-13-27)21-8-9-23-22-19(17-25-29(21)22)18-6-7-20(30-3)24-16-18/h6-9,16-17H,4-5,10-15H2,1-3H3. The first-order valence-electron chi connectivity index (χ1n) is 10.8. The third-order valence-corrected chi connectivity index (χ3v) is 5.96. The number of likely N-dealkylation sites (N-methyl/N-ethyl adjacent to an activating group) is 1. The largest absolute Gasteiger partial charge is 0.481 e. The predicted octanol–water partition coefficient (Wildman–Crippen LogP) is 2.26. The van der Waals surface area contributed by atoms with Gasteiger partial charge in [-0.2, -0.15) is 9.61 Å². The first-order valence-corrected chi connectivity index (χ1v) is 10.8. The van der Waals surface area contributed by atoms with Crippen LogP contribution >= 0.6 is 0 Å². The highest BCUT2D eigenvalue weighted by Gasteiger charge is 2.21. The molecule has 8 nitrogen and oxygen atoms in total.